The molecule has 0 radical (unpaired) electrons. The first-order valence-electron chi connectivity index (χ1n) is 7.08. The van der Waals surface area contributed by atoms with Gasteiger partial charge in [-0.05, 0) is 36.8 Å². The second-order valence-electron chi connectivity index (χ2n) is 5.30. The van der Waals surface area contributed by atoms with Crippen LogP contribution in [0.2, 0.25) is 0 Å². The van der Waals surface area contributed by atoms with Gasteiger partial charge in [0.25, 0.3) is 0 Å². The van der Waals surface area contributed by atoms with Crippen LogP contribution in [0.3, 0.4) is 0 Å². The van der Waals surface area contributed by atoms with Gasteiger partial charge in [-0.2, -0.15) is 0 Å². The molecule has 1 aliphatic carbocycles. The Morgan fingerprint density at radius 2 is 1.82 bits per heavy atom. The molecule has 0 aliphatic heterocycles. The maximum atomic E-state index is 10.0. The molecule has 1 aliphatic rings. The molecule has 0 saturated heterocycles. The maximum absolute atomic E-state index is 10.0. The van der Waals surface area contributed by atoms with Crippen molar-refractivity contribution in [1.29, 1.82) is 0 Å². The molecule has 1 aromatic carbocycles. The van der Waals surface area contributed by atoms with Gasteiger partial charge in [0.05, 0.1) is 6.10 Å². The van der Waals surface area contributed by atoms with Crippen LogP contribution in [-0.4, -0.2) is 11.2 Å². The topological polar surface area (TPSA) is 20.2 Å². The van der Waals surface area contributed by atoms with Crippen LogP contribution in [0.1, 0.15) is 62.5 Å². The van der Waals surface area contributed by atoms with Crippen molar-refractivity contribution in [2.45, 2.75) is 63.9 Å². The van der Waals surface area contributed by atoms with Crippen LogP contribution in [-0.2, 0) is 6.42 Å². The predicted octanol–water partition coefficient (Wildman–Crippen LogP) is 4.05. The molecule has 1 fully saturated rings. The molecule has 94 valence electrons. The Labute approximate surface area is 105 Å². The Morgan fingerprint density at radius 3 is 2.47 bits per heavy atom. The lowest BCUT2D eigenvalue weighted by molar-refractivity contribution is 0.106. The Hall–Kier alpha value is -0.820. The number of rotatable bonds is 4. The number of aliphatic hydroxyl groups is 1. The fraction of sp³-hybridized carbons (Fsp3) is 0.625. The highest BCUT2D eigenvalue weighted by molar-refractivity contribution is 5.26. The van der Waals surface area contributed by atoms with E-state index < -0.39 is 0 Å². The number of benzene rings is 1. The Balaban J connectivity index is 2.01. The Bertz CT molecular complexity index is 328. The zero-order chi connectivity index (χ0) is 12.1. The summed E-state index contributed by atoms with van der Waals surface area (Å²) in [5.41, 5.74) is 2.76. The van der Waals surface area contributed by atoms with Crippen molar-refractivity contribution < 1.29 is 5.11 Å². The number of unbranched alkanes of at least 4 members (excludes halogenated alkanes) is 1. The molecular weight excluding hydrogens is 208 g/mol. The molecule has 2 rings (SSSR count). The minimum absolute atomic E-state index is 0.120. The average Bonchev–Trinajstić information content (AvgIpc) is 2.38. The van der Waals surface area contributed by atoms with Crippen molar-refractivity contribution in [2.75, 3.05) is 0 Å². The summed E-state index contributed by atoms with van der Waals surface area (Å²) < 4.78 is 0. The molecule has 1 saturated carbocycles. The summed E-state index contributed by atoms with van der Waals surface area (Å²) in [6.07, 6.45) is 8.16. The highest BCUT2D eigenvalue weighted by Gasteiger charge is 2.24. The van der Waals surface area contributed by atoms with Gasteiger partial charge in [-0.1, -0.05) is 50.5 Å². The monoisotopic (exact) mass is 232 g/mol. The van der Waals surface area contributed by atoms with E-state index >= 15 is 0 Å². The maximum Gasteiger partial charge on any atom is 0.0608 e. The molecule has 0 spiro atoms. The third kappa shape index (κ3) is 3.32. The lowest BCUT2D eigenvalue weighted by Gasteiger charge is -2.28. The average molecular weight is 232 g/mol. The molecule has 1 aromatic rings. The lowest BCUT2D eigenvalue weighted by Crippen LogP contribution is -2.22. The molecule has 1 N–H and O–H groups in total. The molecule has 1 nitrogen and oxygen atoms in total. The minimum Gasteiger partial charge on any atom is -0.392 e. The second-order valence-corrected chi connectivity index (χ2v) is 5.30. The van der Waals surface area contributed by atoms with Crippen LogP contribution in [0, 0.1) is 0 Å². The van der Waals surface area contributed by atoms with E-state index in [1.165, 1.54) is 43.2 Å². The fourth-order valence-corrected chi connectivity index (χ4v) is 2.81. The zero-order valence-corrected chi connectivity index (χ0v) is 10.9. The van der Waals surface area contributed by atoms with Gasteiger partial charge in [0.15, 0.2) is 0 Å². The van der Waals surface area contributed by atoms with Gasteiger partial charge in [-0.3, -0.25) is 0 Å². The fourth-order valence-electron chi connectivity index (χ4n) is 2.81. The molecular formula is C16H24O. The van der Waals surface area contributed by atoms with E-state index in [0.29, 0.717) is 5.92 Å². The summed E-state index contributed by atoms with van der Waals surface area (Å²) in [6.45, 7) is 2.23. The first-order chi connectivity index (χ1) is 8.31. The van der Waals surface area contributed by atoms with Crippen LogP contribution in [0.25, 0.3) is 0 Å². The molecule has 0 aromatic heterocycles. The lowest BCUT2D eigenvalue weighted by atomic mass is 9.81. The summed E-state index contributed by atoms with van der Waals surface area (Å²) in [6, 6.07) is 8.94. The minimum atomic E-state index is -0.120. The number of hydrogen-bond acceptors (Lipinski definition) is 1. The summed E-state index contributed by atoms with van der Waals surface area (Å²) in [4.78, 5) is 0. The molecule has 2 atom stereocenters. The smallest absolute Gasteiger partial charge is 0.0608 e. The van der Waals surface area contributed by atoms with Gasteiger partial charge in [0.1, 0.15) is 0 Å². The first kappa shape index (κ1) is 12.6. The normalized spacial score (nSPS) is 24.8. The van der Waals surface area contributed by atoms with E-state index in [0.717, 1.165) is 12.8 Å². The Kier molecular flexibility index (Phi) is 4.61. The van der Waals surface area contributed by atoms with E-state index in [1.807, 2.05) is 0 Å². The van der Waals surface area contributed by atoms with Gasteiger partial charge in [-0.25, -0.2) is 0 Å². The van der Waals surface area contributed by atoms with Gasteiger partial charge in [0.2, 0.25) is 0 Å². The molecule has 17 heavy (non-hydrogen) atoms. The van der Waals surface area contributed by atoms with Crippen molar-refractivity contribution in [2.24, 2.45) is 0 Å². The van der Waals surface area contributed by atoms with Gasteiger partial charge < -0.3 is 5.11 Å². The zero-order valence-electron chi connectivity index (χ0n) is 10.9. The number of hydrogen-bond donors (Lipinski definition) is 1. The number of aliphatic hydroxyl groups excluding tert-OH is 1. The standard InChI is InChI=1S/C16H24O/c1-2-3-6-13-9-11-14(12-10-13)15-7-4-5-8-16(15)17/h9-12,15-17H,2-8H2,1H3/t15-,16-/m0/s1. The molecule has 0 amide bonds. The summed E-state index contributed by atoms with van der Waals surface area (Å²) in [5, 5.41) is 10.0. The molecule has 1 heteroatoms. The van der Waals surface area contributed by atoms with Crippen LogP contribution < -0.4 is 0 Å². The van der Waals surface area contributed by atoms with Gasteiger partial charge in [-0.15, -0.1) is 0 Å². The van der Waals surface area contributed by atoms with Crippen LogP contribution >= 0.6 is 0 Å². The van der Waals surface area contributed by atoms with E-state index in [1.54, 1.807) is 0 Å². The second kappa shape index (κ2) is 6.20. The summed E-state index contributed by atoms with van der Waals surface area (Å²) in [5.74, 6) is 0.379. The summed E-state index contributed by atoms with van der Waals surface area (Å²) in [7, 11) is 0. The van der Waals surface area contributed by atoms with Crippen molar-refractivity contribution in [3.63, 3.8) is 0 Å². The van der Waals surface area contributed by atoms with Gasteiger partial charge in [0, 0.05) is 5.92 Å². The SMILES string of the molecule is CCCCc1ccc([C@@H]2CCCC[C@@H]2O)cc1. The molecule has 0 heterocycles. The largest absolute Gasteiger partial charge is 0.392 e. The van der Waals surface area contributed by atoms with E-state index in [4.69, 9.17) is 0 Å². The van der Waals surface area contributed by atoms with Crippen molar-refractivity contribution >= 4 is 0 Å². The van der Waals surface area contributed by atoms with E-state index in [2.05, 4.69) is 31.2 Å². The quantitative estimate of drug-likeness (QED) is 0.830. The third-order valence-corrected chi connectivity index (χ3v) is 3.96. The Morgan fingerprint density at radius 1 is 1.12 bits per heavy atom. The van der Waals surface area contributed by atoms with Crippen LogP contribution in [0.15, 0.2) is 24.3 Å². The molecule has 0 unspecified atom stereocenters. The number of aryl methyl sites for hydroxylation is 1. The third-order valence-electron chi connectivity index (χ3n) is 3.96. The summed E-state index contributed by atoms with van der Waals surface area (Å²) >= 11 is 0. The first-order valence-corrected chi connectivity index (χ1v) is 7.08. The van der Waals surface area contributed by atoms with Crippen molar-refractivity contribution in [1.82, 2.24) is 0 Å². The molecule has 0 bridgehead atoms. The van der Waals surface area contributed by atoms with Crippen LogP contribution in [0.4, 0.5) is 0 Å². The highest BCUT2D eigenvalue weighted by atomic mass is 16.3. The van der Waals surface area contributed by atoms with Gasteiger partial charge >= 0.3 is 0 Å². The highest BCUT2D eigenvalue weighted by Crippen LogP contribution is 2.33. The van der Waals surface area contributed by atoms with Crippen molar-refractivity contribution in [3.8, 4) is 0 Å². The van der Waals surface area contributed by atoms with Crippen molar-refractivity contribution in [3.05, 3.63) is 35.4 Å². The predicted molar refractivity (Wildman–Crippen MR) is 72.3 cm³/mol. The van der Waals surface area contributed by atoms with Crippen LogP contribution in [0.5, 0.6) is 0 Å². The van der Waals surface area contributed by atoms with E-state index in [-0.39, 0.29) is 6.10 Å². The van der Waals surface area contributed by atoms with E-state index in [9.17, 15) is 5.11 Å².